The maximum Gasteiger partial charge on any atom is 0.416 e. The molecule has 1 aromatic carbocycles. The number of esters is 1. The summed E-state index contributed by atoms with van der Waals surface area (Å²) in [5.74, 6) is -0.0176. The Bertz CT molecular complexity index is 626. The molecule has 0 atom stereocenters. The van der Waals surface area contributed by atoms with E-state index < -0.39 is 12.1 Å². The van der Waals surface area contributed by atoms with Gasteiger partial charge in [-0.2, -0.15) is 0 Å². The second kappa shape index (κ2) is 8.04. The van der Waals surface area contributed by atoms with Crippen LogP contribution < -0.4 is 14.8 Å². The summed E-state index contributed by atoms with van der Waals surface area (Å²) < 4.78 is 15.0. The molecule has 6 nitrogen and oxygen atoms in total. The fraction of sp³-hybridized carbons (Fsp3) is 0.200. The van der Waals surface area contributed by atoms with Gasteiger partial charge in [0, 0.05) is 0 Å². The van der Waals surface area contributed by atoms with Gasteiger partial charge >= 0.3 is 12.1 Å². The quantitative estimate of drug-likeness (QED) is 0.654. The Morgan fingerprint density at radius 1 is 1.23 bits per heavy atom. The zero-order chi connectivity index (χ0) is 15.8. The fourth-order valence-electron chi connectivity index (χ4n) is 1.46. The molecule has 1 heterocycles. The van der Waals surface area contributed by atoms with E-state index in [4.69, 9.17) is 14.2 Å². The highest BCUT2D eigenvalue weighted by Gasteiger charge is 2.08. The lowest BCUT2D eigenvalue weighted by Gasteiger charge is -2.08. The summed E-state index contributed by atoms with van der Waals surface area (Å²) in [7, 11) is 0. The van der Waals surface area contributed by atoms with Crippen LogP contribution in [0.2, 0.25) is 0 Å². The van der Waals surface area contributed by atoms with Crippen molar-refractivity contribution in [3.63, 3.8) is 0 Å². The number of benzene rings is 1. The van der Waals surface area contributed by atoms with Crippen molar-refractivity contribution in [3.8, 4) is 10.8 Å². The van der Waals surface area contributed by atoms with Gasteiger partial charge < -0.3 is 14.2 Å². The molecule has 0 saturated heterocycles. The van der Waals surface area contributed by atoms with Crippen molar-refractivity contribution in [3.05, 3.63) is 47.3 Å². The second-order valence-corrected chi connectivity index (χ2v) is 5.15. The molecular formula is C15H15NO5S. The van der Waals surface area contributed by atoms with E-state index in [-0.39, 0.29) is 13.3 Å². The number of nitrogens with one attached hydrogen (secondary N) is 1. The minimum Gasteiger partial charge on any atom is -0.482 e. The minimum absolute atomic E-state index is 0.231. The molecule has 1 aromatic heterocycles. The van der Waals surface area contributed by atoms with Crippen LogP contribution in [0.5, 0.6) is 10.8 Å². The SMILES string of the molecule is Cc1csc(OC(=O)NCOC(=O)COc2ccccc2)c1. The minimum atomic E-state index is -0.682. The van der Waals surface area contributed by atoms with Crippen LogP contribution in [0, 0.1) is 6.92 Å². The number of carbonyl (C=O) groups excluding carboxylic acids is 2. The van der Waals surface area contributed by atoms with Gasteiger partial charge in [0.15, 0.2) is 18.4 Å². The van der Waals surface area contributed by atoms with Crippen LogP contribution in [0.4, 0.5) is 4.79 Å². The van der Waals surface area contributed by atoms with Crippen LogP contribution in [0.15, 0.2) is 41.8 Å². The van der Waals surface area contributed by atoms with E-state index in [0.717, 1.165) is 5.56 Å². The standard InChI is InChI=1S/C15H15NO5S/c1-11-7-14(22-9-11)21-15(18)16-10-20-13(17)8-19-12-5-3-2-4-6-12/h2-7,9H,8,10H2,1H3,(H,16,18). The highest BCUT2D eigenvalue weighted by atomic mass is 32.1. The van der Waals surface area contributed by atoms with Gasteiger partial charge in [-0.15, -0.1) is 11.3 Å². The molecule has 1 amide bonds. The third kappa shape index (κ3) is 5.45. The molecule has 0 unspecified atom stereocenters. The summed E-state index contributed by atoms with van der Waals surface area (Å²) in [5.41, 5.74) is 1.01. The summed E-state index contributed by atoms with van der Waals surface area (Å²) in [6.45, 7) is 1.39. The average molecular weight is 321 g/mol. The monoisotopic (exact) mass is 321 g/mol. The van der Waals surface area contributed by atoms with E-state index in [1.165, 1.54) is 11.3 Å². The zero-order valence-corrected chi connectivity index (χ0v) is 12.7. The van der Waals surface area contributed by atoms with Gasteiger partial charge in [-0.3, -0.25) is 5.32 Å². The summed E-state index contributed by atoms with van der Waals surface area (Å²) in [6, 6.07) is 10.6. The Labute approximate surface area is 131 Å². The zero-order valence-electron chi connectivity index (χ0n) is 11.9. The highest BCUT2D eigenvalue weighted by molar-refractivity contribution is 7.12. The molecule has 7 heteroatoms. The lowest BCUT2D eigenvalue weighted by Crippen LogP contribution is -2.31. The van der Waals surface area contributed by atoms with Crippen molar-refractivity contribution in [2.75, 3.05) is 13.3 Å². The number of thiophene rings is 1. The molecule has 22 heavy (non-hydrogen) atoms. The van der Waals surface area contributed by atoms with E-state index in [2.05, 4.69) is 5.32 Å². The summed E-state index contributed by atoms with van der Waals surface area (Å²) >= 11 is 1.31. The molecule has 0 bridgehead atoms. The normalized spacial score (nSPS) is 9.86. The first-order valence-electron chi connectivity index (χ1n) is 6.48. The highest BCUT2D eigenvalue weighted by Crippen LogP contribution is 2.22. The third-order valence-electron chi connectivity index (χ3n) is 2.45. The van der Waals surface area contributed by atoms with Crippen LogP contribution >= 0.6 is 11.3 Å². The molecule has 116 valence electrons. The Hall–Kier alpha value is -2.54. The van der Waals surface area contributed by atoms with Gasteiger partial charge in [-0.1, -0.05) is 18.2 Å². The van der Waals surface area contributed by atoms with Crippen LogP contribution in [0.3, 0.4) is 0 Å². The Balaban J connectivity index is 1.61. The summed E-state index contributed by atoms with van der Waals surface area (Å²) in [4.78, 5) is 22.9. The van der Waals surface area contributed by atoms with Crippen molar-refractivity contribution in [2.45, 2.75) is 6.92 Å². The molecular weight excluding hydrogens is 306 g/mol. The van der Waals surface area contributed by atoms with Crippen molar-refractivity contribution in [2.24, 2.45) is 0 Å². The smallest absolute Gasteiger partial charge is 0.416 e. The van der Waals surface area contributed by atoms with Gasteiger partial charge in [-0.05, 0) is 36.1 Å². The first-order valence-corrected chi connectivity index (χ1v) is 7.36. The first-order chi connectivity index (χ1) is 10.6. The number of carbonyl (C=O) groups is 2. The largest absolute Gasteiger partial charge is 0.482 e. The number of hydrogen-bond acceptors (Lipinski definition) is 6. The van der Waals surface area contributed by atoms with Crippen molar-refractivity contribution in [1.82, 2.24) is 5.32 Å². The predicted octanol–water partition coefficient (Wildman–Crippen LogP) is 2.72. The van der Waals surface area contributed by atoms with Crippen LogP contribution in [-0.2, 0) is 9.53 Å². The Kier molecular flexibility index (Phi) is 5.79. The van der Waals surface area contributed by atoms with E-state index in [1.807, 2.05) is 18.4 Å². The van der Waals surface area contributed by atoms with Crippen molar-refractivity contribution < 1.29 is 23.8 Å². The molecule has 0 spiro atoms. The van der Waals surface area contributed by atoms with Gasteiger partial charge in [0.05, 0.1) is 0 Å². The van der Waals surface area contributed by atoms with E-state index in [9.17, 15) is 9.59 Å². The molecule has 0 radical (unpaired) electrons. The molecule has 2 aromatic rings. The maximum atomic E-state index is 11.4. The number of para-hydroxylation sites is 1. The Morgan fingerprint density at radius 3 is 2.68 bits per heavy atom. The lowest BCUT2D eigenvalue weighted by atomic mass is 10.3. The van der Waals surface area contributed by atoms with Crippen molar-refractivity contribution >= 4 is 23.4 Å². The molecule has 0 saturated carbocycles. The predicted molar refractivity (Wildman–Crippen MR) is 81.1 cm³/mol. The Morgan fingerprint density at radius 2 is 2.00 bits per heavy atom. The summed E-state index contributed by atoms with van der Waals surface area (Å²) in [6.07, 6.45) is -0.682. The number of amides is 1. The number of aryl methyl sites for hydroxylation is 1. The fourth-order valence-corrected chi connectivity index (χ4v) is 2.21. The van der Waals surface area contributed by atoms with Crippen LogP contribution in [-0.4, -0.2) is 25.4 Å². The number of hydrogen-bond donors (Lipinski definition) is 1. The maximum absolute atomic E-state index is 11.4. The van der Waals surface area contributed by atoms with Gasteiger partial charge in [0.25, 0.3) is 0 Å². The van der Waals surface area contributed by atoms with Crippen LogP contribution in [0.1, 0.15) is 5.56 Å². The van der Waals surface area contributed by atoms with Crippen LogP contribution in [0.25, 0.3) is 0 Å². The third-order valence-corrected chi connectivity index (χ3v) is 3.37. The summed E-state index contributed by atoms with van der Waals surface area (Å²) in [5, 5.41) is 4.66. The molecule has 1 N–H and O–H groups in total. The van der Waals surface area contributed by atoms with Gasteiger partial charge in [0.2, 0.25) is 0 Å². The number of rotatable bonds is 6. The first kappa shape index (κ1) is 15.8. The lowest BCUT2D eigenvalue weighted by molar-refractivity contribution is -0.146. The molecule has 0 aliphatic carbocycles. The average Bonchev–Trinajstić information content (AvgIpc) is 2.91. The van der Waals surface area contributed by atoms with E-state index in [0.29, 0.717) is 10.8 Å². The topological polar surface area (TPSA) is 73.9 Å². The van der Waals surface area contributed by atoms with Crippen molar-refractivity contribution in [1.29, 1.82) is 0 Å². The van der Waals surface area contributed by atoms with Gasteiger partial charge in [0.1, 0.15) is 5.75 Å². The molecule has 0 fully saturated rings. The van der Waals surface area contributed by atoms with E-state index >= 15 is 0 Å². The molecule has 2 rings (SSSR count). The molecule has 0 aliphatic heterocycles. The number of ether oxygens (including phenoxy) is 3. The second-order valence-electron chi connectivity index (χ2n) is 4.27. The van der Waals surface area contributed by atoms with Gasteiger partial charge in [-0.25, -0.2) is 9.59 Å². The van der Waals surface area contributed by atoms with E-state index in [1.54, 1.807) is 30.3 Å². The molecule has 0 aliphatic rings.